The monoisotopic (exact) mass is 530 g/mol. The van der Waals surface area contributed by atoms with Gasteiger partial charge in [-0.25, -0.2) is 0 Å². The molecule has 216 valence electrons. The number of amides is 3. The molecule has 7 nitrogen and oxygen atoms in total. The van der Waals surface area contributed by atoms with Crippen molar-refractivity contribution in [3.05, 3.63) is 35.9 Å². The van der Waals surface area contributed by atoms with Gasteiger partial charge in [-0.2, -0.15) is 0 Å². The van der Waals surface area contributed by atoms with E-state index in [0.717, 1.165) is 31.2 Å². The van der Waals surface area contributed by atoms with E-state index in [1.165, 1.54) is 64.2 Å². The molecule has 0 aromatic heterocycles. The van der Waals surface area contributed by atoms with Crippen molar-refractivity contribution in [3.8, 4) is 0 Å². The van der Waals surface area contributed by atoms with Crippen LogP contribution in [-0.4, -0.2) is 36.3 Å². The van der Waals surface area contributed by atoms with Crippen LogP contribution in [0.4, 0.5) is 0 Å². The molecule has 3 amide bonds. The highest BCUT2D eigenvalue weighted by atomic mass is 16.2. The molecule has 0 heterocycles. The zero-order valence-corrected chi connectivity index (χ0v) is 23.9. The number of primary amides is 1. The summed E-state index contributed by atoms with van der Waals surface area (Å²) in [7, 11) is 0. The van der Waals surface area contributed by atoms with Crippen LogP contribution in [0.1, 0.15) is 122 Å². The van der Waals surface area contributed by atoms with E-state index in [9.17, 15) is 14.4 Å². The van der Waals surface area contributed by atoms with Gasteiger partial charge in [-0.05, 0) is 37.8 Å². The third-order valence-corrected chi connectivity index (χ3v) is 7.05. The first-order chi connectivity index (χ1) is 18.5. The summed E-state index contributed by atoms with van der Waals surface area (Å²) in [5.74, 6) is -1.10. The maximum Gasteiger partial charge on any atom is 0.243 e. The number of nitrogens with two attached hydrogens (primary N) is 2. The molecule has 0 saturated carbocycles. The molecule has 2 atom stereocenters. The van der Waals surface area contributed by atoms with Crippen molar-refractivity contribution in [1.29, 1.82) is 0 Å². The zero-order valence-electron chi connectivity index (χ0n) is 23.9. The lowest BCUT2D eigenvalue weighted by Crippen LogP contribution is -2.53. The summed E-state index contributed by atoms with van der Waals surface area (Å²) < 4.78 is 0. The Hall–Kier alpha value is -2.41. The lowest BCUT2D eigenvalue weighted by molar-refractivity contribution is -0.131. The Bertz CT molecular complexity index is 757. The smallest absolute Gasteiger partial charge is 0.243 e. The van der Waals surface area contributed by atoms with E-state index in [4.69, 9.17) is 11.5 Å². The van der Waals surface area contributed by atoms with Gasteiger partial charge in [0.05, 0.1) is 0 Å². The number of benzene rings is 1. The van der Waals surface area contributed by atoms with Crippen molar-refractivity contribution in [2.24, 2.45) is 11.5 Å². The first kappa shape index (κ1) is 33.6. The maximum absolute atomic E-state index is 13.1. The minimum atomic E-state index is -0.773. The molecule has 0 aliphatic carbocycles. The topological polar surface area (TPSA) is 127 Å². The highest BCUT2D eigenvalue weighted by Crippen LogP contribution is 2.13. The summed E-state index contributed by atoms with van der Waals surface area (Å²) in [5.41, 5.74) is 12.0. The van der Waals surface area contributed by atoms with E-state index >= 15 is 0 Å². The second-order valence-electron chi connectivity index (χ2n) is 10.6. The Morgan fingerprint density at radius 1 is 0.711 bits per heavy atom. The van der Waals surface area contributed by atoms with Gasteiger partial charge in [0.15, 0.2) is 0 Å². The van der Waals surface area contributed by atoms with Crippen LogP contribution in [-0.2, 0) is 20.8 Å². The van der Waals surface area contributed by atoms with E-state index in [0.29, 0.717) is 32.2 Å². The van der Waals surface area contributed by atoms with E-state index in [1.54, 1.807) is 0 Å². The van der Waals surface area contributed by atoms with Gasteiger partial charge in [-0.15, -0.1) is 0 Å². The largest absolute Gasteiger partial charge is 0.368 e. The summed E-state index contributed by atoms with van der Waals surface area (Å²) in [6.45, 7) is 2.77. The number of nitrogens with one attached hydrogen (secondary N) is 2. The maximum atomic E-state index is 13.1. The molecule has 0 fully saturated rings. The SMILES string of the molecule is CCCCCCCCCCCCCCCC(=O)N[C@H](Cc1ccccc1)C(=O)N[C@@H](CCCCN)C(N)=O. The highest BCUT2D eigenvalue weighted by molar-refractivity contribution is 5.91. The molecule has 1 rings (SSSR count). The van der Waals surface area contributed by atoms with E-state index < -0.39 is 18.0 Å². The predicted molar refractivity (Wildman–Crippen MR) is 156 cm³/mol. The zero-order chi connectivity index (χ0) is 27.8. The fourth-order valence-corrected chi connectivity index (χ4v) is 4.68. The first-order valence-corrected chi connectivity index (χ1v) is 15.1. The van der Waals surface area contributed by atoms with Crippen LogP contribution >= 0.6 is 0 Å². The molecule has 0 unspecified atom stereocenters. The molecule has 0 aliphatic heterocycles. The predicted octanol–water partition coefficient (Wildman–Crippen LogP) is 5.29. The number of rotatable bonds is 24. The second-order valence-corrected chi connectivity index (χ2v) is 10.6. The highest BCUT2D eigenvalue weighted by Gasteiger charge is 2.25. The average Bonchev–Trinajstić information content (AvgIpc) is 2.91. The van der Waals surface area contributed by atoms with Gasteiger partial charge in [0, 0.05) is 12.8 Å². The Kier molecular flexibility index (Phi) is 20.0. The lowest BCUT2D eigenvalue weighted by Gasteiger charge is -2.22. The van der Waals surface area contributed by atoms with Crippen molar-refractivity contribution < 1.29 is 14.4 Å². The lowest BCUT2D eigenvalue weighted by atomic mass is 10.0. The van der Waals surface area contributed by atoms with Crippen molar-refractivity contribution in [2.75, 3.05) is 6.54 Å². The van der Waals surface area contributed by atoms with Gasteiger partial charge in [0.25, 0.3) is 0 Å². The van der Waals surface area contributed by atoms with Gasteiger partial charge in [-0.1, -0.05) is 114 Å². The summed E-state index contributed by atoms with van der Waals surface area (Å²) in [6, 6.07) is 8.02. The Balaban J connectivity index is 2.38. The van der Waals surface area contributed by atoms with Crippen LogP contribution < -0.4 is 22.1 Å². The Morgan fingerprint density at radius 2 is 1.26 bits per heavy atom. The molecule has 0 radical (unpaired) electrons. The van der Waals surface area contributed by atoms with Crippen LogP contribution in [0.15, 0.2) is 30.3 Å². The molecule has 0 bridgehead atoms. The van der Waals surface area contributed by atoms with Crippen LogP contribution in [0.3, 0.4) is 0 Å². The molecular weight excluding hydrogens is 476 g/mol. The first-order valence-electron chi connectivity index (χ1n) is 15.1. The van der Waals surface area contributed by atoms with Gasteiger partial charge in [-0.3, -0.25) is 14.4 Å². The van der Waals surface area contributed by atoms with Crippen LogP contribution in [0, 0.1) is 0 Å². The minimum absolute atomic E-state index is 0.136. The van der Waals surface area contributed by atoms with Gasteiger partial charge in [0.1, 0.15) is 12.1 Å². The number of hydrogen-bond donors (Lipinski definition) is 4. The fraction of sp³-hybridized carbons (Fsp3) is 0.710. The number of carbonyl (C=O) groups is 3. The second kappa shape index (κ2) is 22.6. The molecule has 6 N–H and O–H groups in total. The summed E-state index contributed by atoms with van der Waals surface area (Å²) >= 11 is 0. The van der Waals surface area contributed by atoms with Gasteiger partial charge in [0.2, 0.25) is 17.7 Å². The Morgan fingerprint density at radius 3 is 1.79 bits per heavy atom. The average molecular weight is 531 g/mol. The summed E-state index contributed by atoms with van der Waals surface area (Å²) in [5, 5.41) is 5.65. The molecule has 1 aromatic carbocycles. The molecule has 38 heavy (non-hydrogen) atoms. The van der Waals surface area contributed by atoms with Crippen molar-refractivity contribution in [2.45, 2.75) is 135 Å². The van der Waals surface area contributed by atoms with Crippen LogP contribution in [0.25, 0.3) is 0 Å². The van der Waals surface area contributed by atoms with Gasteiger partial charge < -0.3 is 22.1 Å². The van der Waals surface area contributed by atoms with E-state index in [1.807, 2.05) is 30.3 Å². The van der Waals surface area contributed by atoms with E-state index in [2.05, 4.69) is 17.6 Å². The standard InChI is InChI=1S/C31H54N4O3/c1-2-3-4-5-6-7-8-9-10-11-12-13-17-23-29(36)34-28(25-26-20-15-14-16-21-26)31(38)35-27(30(33)37)22-18-19-24-32/h14-16,20-21,27-28H,2-13,17-19,22-25,32H2,1H3,(H2,33,37)(H,34,36)(H,35,38)/t27-,28+/m0/s1. The van der Waals surface area contributed by atoms with Gasteiger partial charge >= 0.3 is 0 Å². The third-order valence-electron chi connectivity index (χ3n) is 7.05. The molecular formula is C31H54N4O3. The summed E-state index contributed by atoms with van der Waals surface area (Å²) in [6.07, 6.45) is 18.9. The fourth-order valence-electron chi connectivity index (χ4n) is 4.68. The molecule has 1 aromatic rings. The summed E-state index contributed by atoms with van der Waals surface area (Å²) in [4.78, 5) is 37.6. The number of unbranched alkanes of at least 4 members (excludes halogenated alkanes) is 13. The Labute approximate surface area is 231 Å². The molecule has 0 aliphatic rings. The van der Waals surface area contributed by atoms with Crippen LogP contribution in [0.2, 0.25) is 0 Å². The molecule has 0 spiro atoms. The number of carbonyl (C=O) groups excluding carboxylic acids is 3. The number of hydrogen-bond acceptors (Lipinski definition) is 4. The normalized spacial score (nSPS) is 12.6. The van der Waals surface area contributed by atoms with Crippen molar-refractivity contribution in [3.63, 3.8) is 0 Å². The van der Waals surface area contributed by atoms with Crippen molar-refractivity contribution >= 4 is 17.7 Å². The van der Waals surface area contributed by atoms with Crippen molar-refractivity contribution in [1.82, 2.24) is 10.6 Å². The molecule has 0 saturated heterocycles. The van der Waals surface area contributed by atoms with Crippen LogP contribution in [0.5, 0.6) is 0 Å². The quantitative estimate of drug-likeness (QED) is 0.135. The van der Waals surface area contributed by atoms with E-state index in [-0.39, 0.29) is 11.8 Å². The minimum Gasteiger partial charge on any atom is -0.368 e. The third kappa shape index (κ3) is 17.2. The molecule has 7 heteroatoms.